The highest BCUT2D eigenvalue weighted by molar-refractivity contribution is 8.03. The zero-order chi connectivity index (χ0) is 17.1. The first-order valence-electron chi connectivity index (χ1n) is 7.74. The van der Waals surface area contributed by atoms with Crippen LogP contribution in [0.2, 0.25) is 0 Å². The van der Waals surface area contributed by atoms with E-state index in [-0.39, 0.29) is 0 Å². The lowest BCUT2D eigenvalue weighted by Crippen LogP contribution is -2.28. The summed E-state index contributed by atoms with van der Waals surface area (Å²) in [6.45, 7) is 0. The maximum atomic E-state index is 7.50. The lowest BCUT2D eigenvalue weighted by Gasteiger charge is -2.13. The first-order valence-corrected chi connectivity index (χ1v) is 8.15. The third kappa shape index (κ3) is 2.60. The van der Waals surface area contributed by atoms with Crippen molar-refractivity contribution in [1.82, 2.24) is 0 Å². The topological polar surface area (TPSA) is 37.1 Å². The standard InChI is InChI=1S/C19H17N2S.H2O/c1-20-12-11-14(15-7-3-4-8-16(15)20)13-19-21(2)17-9-5-6-10-18(17)22-19;/h3-13H,1-2H3;1H2/q+1;/p-1/i/hT. The number of thioether (sulfide) groups is 1. The van der Waals surface area contributed by atoms with E-state index >= 15 is 0 Å². The Morgan fingerprint density at radius 1 is 1.09 bits per heavy atom. The van der Waals surface area contributed by atoms with Crippen LogP contribution in [0.4, 0.5) is 5.69 Å². The van der Waals surface area contributed by atoms with Gasteiger partial charge in [-0.15, -0.1) is 1.43 Å². The van der Waals surface area contributed by atoms with E-state index in [0.29, 0.717) is 0 Å². The second-order valence-electron chi connectivity index (χ2n) is 5.51. The number of aryl methyl sites for hydroxylation is 1. The molecule has 3 nitrogen and oxygen atoms in total. The van der Waals surface area contributed by atoms with Gasteiger partial charge in [-0.2, -0.15) is 0 Å². The van der Waals surface area contributed by atoms with E-state index < -0.39 is 0 Å². The molecule has 0 amide bonds. The Bertz CT molecular complexity index is 911. The molecule has 0 saturated heterocycles. The van der Waals surface area contributed by atoms with Gasteiger partial charge in [0, 0.05) is 24.1 Å². The molecular weight excluding hydrogens is 304 g/mol. The lowest BCUT2D eigenvalue weighted by molar-refractivity contribution is -0.644. The minimum absolute atomic E-state index is 1.25. The van der Waals surface area contributed by atoms with Crippen molar-refractivity contribution in [2.75, 3.05) is 11.9 Å². The average molecular weight is 324 g/mol. The van der Waals surface area contributed by atoms with Crippen molar-refractivity contribution in [2.24, 2.45) is 7.05 Å². The van der Waals surface area contributed by atoms with Crippen molar-refractivity contribution in [2.45, 2.75) is 4.90 Å². The molecule has 0 spiro atoms. The summed E-state index contributed by atoms with van der Waals surface area (Å²) < 4.78 is 6.66. The molecular formula is C19H18N2OS. The van der Waals surface area contributed by atoms with Crippen LogP contribution < -0.4 is 9.47 Å². The van der Waals surface area contributed by atoms with Crippen LogP contribution in [0, 0.1) is 0 Å². The fourth-order valence-electron chi connectivity index (χ4n) is 2.89. The molecule has 23 heavy (non-hydrogen) atoms. The van der Waals surface area contributed by atoms with Gasteiger partial charge in [-0.05, 0) is 29.8 Å². The zero-order valence-electron chi connectivity index (χ0n) is 14.1. The number of anilines is 1. The summed E-state index contributed by atoms with van der Waals surface area (Å²) >= 11 is 1.83. The average Bonchev–Trinajstić information content (AvgIpc) is 2.96. The lowest BCUT2D eigenvalue weighted by atomic mass is 10.1. The minimum Gasteiger partial charge on any atom is -0.870 e. The molecule has 0 atom stereocenters. The summed E-state index contributed by atoms with van der Waals surface area (Å²) in [6.07, 6.45) is 4.41. The first-order chi connectivity index (χ1) is 11.7. The highest BCUT2D eigenvalue weighted by Crippen LogP contribution is 2.45. The molecule has 1 N–H and O–H groups in total. The van der Waals surface area contributed by atoms with Crippen LogP contribution in [-0.4, -0.2) is 12.5 Å². The predicted octanol–water partition coefficient (Wildman–Crippen LogP) is 4.03. The second-order valence-corrected chi connectivity index (χ2v) is 6.57. The number of nitrogens with zero attached hydrogens (tertiary/aromatic N) is 2. The van der Waals surface area contributed by atoms with Gasteiger partial charge >= 0.3 is 0 Å². The van der Waals surface area contributed by atoms with Crippen LogP contribution in [0.5, 0.6) is 0 Å². The number of fused-ring (bicyclic) bond motifs is 2. The summed E-state index contributed by atoms with van der Waals surface area (Å²) in [5, 5.41) is 2.55. The summed E-state index contributed by atoms with van der Waals surface area (Å²) in [7, 11) is 4.22. The Balaban J connectivity index is 0.000000815. The largest absolute Gasteiger partial charge is 0.870 e. The monoisotopic (exact) mass is 324 g/mol. The van der Waals surface area contributed by atoms with Gasteiger partial charge in [-0.25, -0.2) is 4.57 Å². The van der Waals surface area contributed by atoms with E-state index in [2.05, 4.69) is 91.9 Å². The molecule has 0 bridgehead atoms. The highest BCUT2D eigenvalue weighted by atomic mass is 32.2. The predicted molar refractivity (Wildman–Crippen MR) is 95.7 cm³/mol. The van der Waals surface area contributed by atoms with Crippen LogP contribution >= 0.6 is 11.8 Å². The van der Waals surface area contributed by atoms with Crippen molar-refractivity contribution < 1.29 is 11.5 Å². The third-order valence-corrected chi connectivity index (χ3v) is 5.29. The molecule has 0 fully saturated rings. The van der Waals surface area contributed by atoms with Crippen molar-refractivity contribution in [3.63, 3.8) is 0 Å². The Morgan fingerprint density at radius 3 is 2.65 bits per heavy atom. The minimum atomic E-state index is 1.25. The van der Waals surface area contributed by atoms with Gasteiger partial charge in [-0.1, -0.05) is 36.0 Å². The Kier molecular flexibility index (Phi) is 3.77. The van der Waals surface area contributed by atoms with E-state index in [1.807, 2.05) is 11.8 Å². The van der Waals surface area contributed by atoms with Crippen molar-refractivity contribution >= 4 is 34.4 Å². The molecule has 0 unspecified atom stereocenters. The Hall–Kier alpha value is -2.30. The summed E-state index contributed by atoms with van der Waals surface area (Å²) in [4.78, 5) is 3.59. The Morgan fingerprint density at radius 2 is 1.83 bits per heavy atom. The number of para-hydroxylation sites is 2. The van der Waals surface area contributed by atoms with Gasteiger partial charge in [0.2, 0.25) is 5.52 Å². The maximum absolute atomic E-state index is 7.50. The van der Waals surface area contributed by atoms with Gasteiger partial charge in [0.15, 0.2) is 6.20 Å². The molecule has 0 aliphatic carbocycles. The highest BCUT2D eigenvalue weighted by Gasteiger charge is 2.21. The number of hydrogen-bond donors (Lipinski definition) is 0. The molecule has 116 valence electrons. The van der Waals surface area contributed by atoms with Crippen LogP contribution in [0.15, 0.2) is 70.7 Å². The van der Waals surface area contributed by atoms with Crippen molar-refractivity contribution in [1.29, 1.82) is 0 Å². The number of benzene rings is 2. The SMILES string of the molecule is CN1C(=Cc2cc[n+](C)c3ccccc23)Sc2ccccc21.[3H][O-]. The van der Waals surface area contributed by atoms with E-state index in [0.717, 1.165) is 0 Å². The molecule has 0 saturated carbocycles. The third-order valence-electron chi connectivity index (χ3n) is 4.12. The molecule has 1 aliphatic heterocycles. The maximum Gasteiger partial charge on any atom is 0.212 e. The number of aromatic nitrogens is 1. The fourth-order valence-corrected chi connectivity index (χ4v) is 4.00. The van der Waals surface area contributed by atoms with E-state index in [1.54, 1.807) is 0 Å². The van der Waals surface area contributed by atoms with Crippen molar-refractivity contribution in [3.8, 4) is 0 Å². The Labute approximate surface area is 141 Å². The molecule has 4 heteroatoms. The molecule has 1 aromatic heterocycles. The van der Waals surface area contributed by atoms with E-state index in [9.17, 15) is 0 Å². The number of pyridine rings is 1. The fraction of sp³-hybridized carbons (Fsp3) is 0.105. The van der Waals surface area contributed by atoms with Crippen molar-refractivity contribution in [3.05, 3.63) is 71.4 Å². The normalized spacial score (nSPS) is 15.2. The zero-order valence-corrected chi connectivity index (χ0v) is 13.9. The van der Waals surface area contributed by atoms with Crippen LogP contribution in [0.1, 0.15) is 6.99 Å². The molecule has 3 aromatic rings. The van der Waals surface area contributed by atoms with Crippen LogP contribution in [-0.2, 0) is 7.05 Å². The molecule has 0 radical (unpaired) electrons. The van der Waals surface area contributed by atoms with Crippen LogP contribution in [0.25, 0.3) is 17.0 Å². The first kappa shape index (κ1) is 14.3. The summed E-state index contributed by atoms with van der Waals surface area (Å²) in [5.41, 5.74) is 11.3. The number of rotatable bonds is 1. The van der Waals surface area contributed by atoms with E-state index in [1.165, 1.54) is 32.1 Å². The van der Waals surface area contributed by atoms with Gasteiger partial charge in [0.1, 0.15) is 7.05 Å². The quantitative estimate of drug-likeness (QED) is 0.634. The van der Waals surface area contributed by atoms with Crippen LogP contribution in [0.3, 0.4) is 0 Å². The molecule has 4 rings (SSSR count). The molecule has 2 heterocycles. The van der Waals surface area contributed by atoms with Gasteiger partial charge in [0.25, 0.3) is 0 Å². The smallest absolute Gasteiger partial charge is 0.212 e. The molecule has 2 aromatic carbocycles. The van der Waals surface area contributed by atoms with Gasteiger partial charge in [-0.3, -0.25) is 0 Å². The van der Waals surface area contributed by atoms with Gasteiger partial charge < -0.3 is 10.4 Å². The molecule has 1 aliphatic rings. The number of hydrogen-bond acceptors (Lipinski definition) is 3. The van der Waals surface area contributed by atoms with E-state index in [4.69, 9.17) is 5.48 Å². The van der Waals surface area contributed by atoms with Gasteiger partial charge in [0.05, 0.1) is 16.1 Å². The second kappa shape index (κ2) is 6.07. The summed E-state index contributed by atoms with van der Waals surface area (Å²) in [6, 6.07) is 19.3. The summed E-state index contributed by atoms with van der Waals surface area (Å²) in [5.74, 6) is 0.